The van der Waals surface area contributed by atoms with Crippen LogP contribution in [-0.2, 0) is 20.2 Å². The molecule has 0 aliphatic carbocycles. The van der Waals surface area contributed by atoms with Crippen molar-refractivity contribution in [3.05, 3.63) is 18.2 Å². The summed E-state index contributed by atoms with van der Waals surface area (Å²) in [5, 5.41) is 9.01. The molecule has 0 saturated heterocycles. The third kappa shape index (κ3) is 5.15. The molecule has 7 nitrogen and oxygen atoms in total. The molecule has 0 aliphatic heterocycles. The molecule has 0 fully saturated rings. The summed E-state index contributed by atoms with van der Waals surface area (Å²) in [5.74, 6) is -1.07. The molecule has 0 unspecified atom stereocenters. The predicted molar refractivity (Wildman–Crippen MR) is 44.0 cm³/mol. The second-order valence-electron chi connectivity index (χ2n) is 2.51. The van der Waals surface area contributed by atoms with Gasteiger partial charge in [-0.25, -0.2) is 16.8 Å². The zero-order chi connectivity index (χ0) is 11.9. The molecule has 1 aromatic carbocycles. The fraction of sp³-hybridized carbons (Fsp3) is 0. The van der Waals surface area contributed by atoms with Crippen molar-refractivity contribution in [1.29, 1.82) is 0 Å². The van der Waals surface area contributed by atoms with E-state index < -0.39 is 35.8 Å². The van der Waals surface area contributed by atoms with Gasteiger partial charge in [0.2, 0.25) is 0 Å². The van der Waals surface area contributed by atoms with Gasteiger partial charge in [0, 0.05) is 0 Å². The largest absolute Gasteiger partial charge is 1.00 e. The summed E-state index contributed by atoms with van der Waals surface area (Å²) in [6.45, 7) is 0. The van der Waals surface area contributed by atoms with E-state index in [1.54, 1.807) is 0 Å². The fourth-order valence-electron chi connectivity index (χ4n) is 0.952. The molecule has 84 valence electrons. The van der Waals surface area contributed by atoms with Gasteiger partial charge in [-0.1, -0.05) is 6.07 Å². The second kappa shape index (κ2) is 6.85. The number of phenolic OH excluding ortho intramolecular Hbond substituents is 1. The average molecular weight is 298 g/mol. The van der Waals surface area contributed by atoms with Gasteiger partial charge in [-0.2, -0.15) is 0 Å². The monoisotopic (exact) mass is 298 g/mol. The number of rotatable bonds is 2. The van der Waals surface area contributed by atoms with Crippen LogP contribution in [0.25, 0.3) is 0 Å². The predicted octanol–water partition coefficient (Wildman–Crippen LogP) is -6.79. The van der Waals surface area contributed by atoms with Crippen molar-refractivity contribution in [2.45, 2.75) is 9.79 Å². The van der Waals surface area contributed by atoms with Gasteiger partial charge in [-0.15, -0.1) is 0 Å². The molecule has 0 bridgehead atoms. The van der Waals surface area contributed by atoms with Crippen LogP contribution < -0.4 is 59.1 Å². The zero-order valence-corrected chi connectivity index (χ0v) is 14.6. The van der Waals surface area contributed by atoms with E-state index in [0.29, 0.717) is 6.07 Å². The summed E-state index contributed by atoms with van der Waals surface area (Å²) in [6, 6.07) is 2.36. The van der Waals surface area contributed by atoms with Crippen molar-refractivity contribution in [2.24, 2.45) is 0 Å². The maximum Gasteiger partial charge on any atom is 1.00 e. The van der Waals surface area contributed by atoms with E-state index in [0.717, 1.165) is 12.1 Å². The van der Waals surface area contributed by atoms with Crippen LogP contribution in [0.15, 0.2) is 28.0 Å². The van der Waals surface area contributed by atoms with Crippen LogP contribution in [0.4, 0.5) is 0 Å². The Morgan fingerprint density at radius 1 is 0.941 bits per heavy atom. The topological polar surface area (TPSA) is 135 Å². The summed E-state index contributed by atoms with van der Waals surface area (Å²) in [6.07, 6.45) is 0. The summed E-state index contributed by atoms with van der Waals surface area (Å²) in [7, 11) is -10.4. The van der Waals surface area contributed by atoms with E-state index in [-0.39, 0.29) is 59.1 Å². The number of hydrogen-bond acceptors (Lipinski definition) is 7. The molecule has 0 spiro atoms. The molecule has 0 aromatic heterocycles. The Balaban J connectivity index is 0. The summed E-state index contributed by atoms with van der Waals surface area (Å²) in [4.78, 5) is -2.67. The third-order valence-corrected chi connectivity index (χ3v) is 3.41. The van der Waals surface area contributed by atoms with E-state index in [2.05, 4.69) is 0 Å². The van der Waals surface area contributed by atoms with Gasteiger partial charge in [0.1, 0.15) is 30.9 Å². The molecule has 0 atom stereocenters. The molecule has 1 N–H and O–H groups in total. The molecule has 0 radical (unpaired) electrons. The molecule has 1 aromatic rings. The number of benzene rings is 1. The minimum atomic E-state index is -5.23. The zero-order valence-electron chi connectivity index (χ0n) is 8.95. The maximum absolute atomic E-state index is 10.6. The van der Waals surface area contributed by atoms with Gasteiger partial charge in [0.05, 0.1) is 4.90 Å². The molecular weight excluding hydrogens is 294 g/mol. The molecule has 11 heteroatoms. The Labute approximate surface area is 142 Å². The summed E-state index contributed by atoms with van der Waals surface area (Å²) < 4.78 is 63.6. The van der Waals surface area contributed by atoms with Gasteiger partial charge in [-0.05, 0) is 12.1 Å². The van der Waals surface area contributed by atoms with Crippen molar-refractivity contribution in [1.82, 2.24) is 0 Å². The molecule has 1 rings (SSSR count). The van der Waals surface area contributed by atoms with Gasteiger partial charge in [0.15, 0.2) is 0 Å². The van der Waals surface area contributed by atoms with Crippen LogP contribution in [0.3, 0.4) is 0 Å². The first-order chi connectivity index (χ1) is 6.64. The molecule has 0 saturated carbocycles. The quantitative estimate of drug-likeness (QED) is 0.423. The van der Waals surface area contributed by atoms with Crippen LogP contribution in [-0.4, -0.2) is 31.0 Å². The van der Waals surface area contributed by atoms with Crippen LogP contribution in [0.2, 0.25) is 0 Å². The SMILES string of the molecule is O=S(=O)([O-])c1cccc(O)c1S(=O)(=O)[O-].[Na+].[Na+]. The van der Waals surface area contributed by atoms with Gasteiger partial charge < -0.3 is 14.2 Å². The number of aromatic hydroxyl groups is 1. The molecule has 0 aliphatic rings. The Kier molecular flexibility index (Phi) is 8.12. The number of hydrogen-bond donors (Lipinski definition) is 1. The maximum atomic E-state index is 10.6. The van der Waals surface area contributed by atoms with Gasteiger partial charge in [-0.3, -0.25) is 0 Å². The van der Waals surface area contributed by atoms with Crippen molar-refractivity contribution in [2.75, 3.05) is 0 Å². The molecule has 17 heavy (non-hydrogen) atoms. The summed E-state index contributed by atoms with van der Waals surface area (Å²) in [5.41, 5.74) is 0. The van der Waals surface area contributed by atoms with E-state index in [1.165, 1.54) is 0 Å². The first-order valence-corrected chi connectivity index (χ1v) is 6.19. The molecule has 0 heterocycles. The Morgan fingerprint density at radius 3 is 1.71 bits per heavy atom. The second-order valence-corrected chi connectivity index (χ2v) is 5.18. The van der Waals surface area contributed by atoms with Crippen LogP contribution in [0.5, 0.6) is 5.75 Å². The minimum absolute atomic E-state index is 0. The fourth-order valence-corrected chi connectivity index (χ4v) is 2.78. The normalized spacial score (nSPS) is 11.2. The van der Waals surface area contributed by atoms with Crippen LogP contribution in [0, 0.1) is 0 Å². The van der Waals surface area contributed by atoms with Crippen molar-refractivity contribution in [3.63, 3.8) is 0 Å². The van der Waals surface area contributed by atoms with Gasteiger partial charge in [0.25, 0.3) is 0 Å². The Morgan fingerprint density at radius 2 is 1.41 bits per heavy atom. The molecule has 0 amide bonds. The van der Waals surface area contributed by atoms with E-state index in [4.69, 9.17) is 5.11 Å². The minimum Gasteiger partial charge on any atom is -0.744 e. The van der Waals surface area contributed by atoms with Crippen molar-refractivity contribution < 1.29 is 90.2 Å². The Hall–Kier alpha value is 0.840. The first kappa shape index (κ1) is 20.2. The van der Waals surface area contributed by atoms with Gasteiger partial charge >= 0.3 is 59.1 Å². The van der Waals surface area contributed by atoms with E-state index >= 15 is 0 Å². The van der Waals surface area contributed by atoms with Crippen molar-refractivity contribution >= 4 is 20.2 Å². The average Bonchev–Trinajstić information content (AvgIpc) is 1.99. The number of phenols is 1. The standard InChI is InChI=1S/C6H6O7S2.2Na/c7-4-2-1-3-5(14(8,9)10)6(4)15(11,12)13;;/h1-3,7H,(H,8,9,10)(H,11,12,13);;/q;2*+1/p-2. The van der Waals surface area contributed by atoms with Crippen LogP contribution in [0.1, 0.15) is 0 Å². The van der Waals surface area contributed by atoms with E-state index in [9.17, 15) is 25.9 Å². The first-order valence-electron chi connectivity index (χ1n) is 3.38. The van der Waals surface area contributed by atoms with Crippen molar-refractivity contribution in [3.8, 4) is 5.75 Å². The smallest absolute Gasteiger partial charge is 0.744 e. The Bertz CT molecular complexity index is 593. The molecular formula is C6H4Na2O7S2. The van der Waals surface area contributed by atoms with E-state index in [1.807, 2.05) is 0 Å². The van der Waals surface area contributed by atoms with Crippen LogP contribution >= 0.6 is 0 Å². The third-order valence-electron chi connectivity index (χ3n) is 1.48. The summed E-state index contributed by atoms with van der Waals surface area (Å²) >= 11 is 0.